The van der Waals surface area contributed by atoms with Crippen molar-refractivity contribution >= 4 is 11.1 Å². The van der Waals surface area contributed by atoms with E-state index in [4.69, 9.17) is 0 Å². The number of hydrogen-bond acceptors (Lipinski definition) is 0. The quantitative estimate of drug-likeness (QED) is 0.637. The molecule has 0 heterocycles. The number of allylic oxidation sites excluding steroid dienone is 5. The van der Waals surface area contributed by atoms with Gasteiger partial charge in [-0.1, -0.05) is 79.4 Å². The van der Waals surface area contributed by atoms with Crippen LogP contribution in [0.2, 0.25) is 0 Å². The van der Waals surface area contributed by atoms with Gasteiger partial charge in [0.2, 0.25) is 0 Å². The maximum absolute atomic E-state index is 4.16. The van der Waals surface area contributed by atoms with E-state index in [-0.39, 0.29) is 0 Å². The summed E-state index contributed by atoms with van der Waals surface area (Å²) in [7, 11) is 0. The molecule has 0 aliphatic carbocycles. The van der Waals surface area contributed by atoms with Crippen molar-refractivity contribution in [3.05, 3.63) is 96.6 Å². The van der Waals surface area contributed by atoms with E-state index in [0.29, 0.717) is 0 Å². The Labute approximate surface area is 115 Å². The minimum Gasteiger partial charge on any atom is -0.0911 e. The minimum absolute atomic E-state index is 1.03. The van der Waals surface area contributed by atoms with Crippen LogP contribution in [0.5, 0.6) is 0 Å². The molecule has 2 rings (SSSR count). The van der Waals surface area contributed by atoms with Crippen LogP contribution in [0, 0.1) is 0 Å². The first-order chi connectivity index (χ1) is 9.31. The lowest BCUT2D eigenvalue weighted by atomic mass is 9.99. The molecule has 0 aliphatic rings. The summed E-state index contributed by atoms with van der Waals surface area (Å²) < 4.78 is 0. The van der Waals surface area contributed by atoms with Crippen molar-refractivity contribution in [2.45, 2.75) is 6.92 Å². The summed E-state index contributed by atoms with van der Waals surface area (Å²) in [5.41, 5.74) is 4.56. The highest BCUT2D eigenvalue weighted by molar-refractivity contribution is 5.86. The Morgan fingerprint density at radius 2 is 1.37 bits per heavy atom. The minimum atomic E-state index is 1.03. The molecule has 0 fully saturated rings. The van der Waals surface area contributed by atoms with Crippen LogP contribution in [0.4, 0.5) is 0 Å². The highest BCUT2D eigenvalue weighted by Gasteiger charge is 1.99. The summed E-state index contributed by atoms with van der Waals surface area (Å²) in [4.78, 5) is 0. The van der Waals surface area contributed by atoms with Crippen molar-refractivity contribution < 1.29 is 0 Å². The predicted molar refractivity (Wildman–Crippen MR) is 84.7 cm³/mol. The van der Waals surface area contributed by atoms with E-state index in [1.807, 2.05) is 31.2 Å². The molecule has 2 aromatic rings. The van der Waals surface area contributed by atoms with Gasteiger partial charge in [-0.05, 0) is 35.3 Å². The van der Waals surface area contributed by atoms with Crippen molar-refractivity contribution in [2.24, 2.45) is 0 Å². The summed E-state index contributed by atoms with van der Waals surface area (Å²) in [6.45, 7) is 6.19. The lowest BCUT2D eigenvalue weighted by molar-refractivity contribution is 1.59. The molecule has 0 saturated carbocycles. The molecular formula is C19H18. The Morgan fingerprint density at radius 1 is 0.842 bits per heavy atom. The van der Waals surface area contributed by atoms with Gasteiger partial charge < -0.3 is 0 Å². The maximum atomic E-state index is 4.16. The van der Waals surface area contributed by atoms with E-state index < -0.39 is 0 Å². The Balaban J connectivity index is 2.35. The van der Waals surface area contributed by atoms with Crippen LogP contribution in [0.3, 0.4) is 0 Å². The fourth-order valence-corrected chi connectivity index (χ4v) is 1.96. The van der Waals surface area contributed by atoms with Gasteiger partial charge in [-0.2, -0.15) is 0 Å². The molecule has 0 nitrogen and oxygen atoms in total. The molecule has 0 aliphatic heterocycles. The number of benzene rings is 2. The third-order valence-corrected chi connectivity index (χ3v) is 2.93. The van der Waals surface area contributed by atoms with Crippen LogP contribution >= 0.6 is 0 Å². The fraction of sp³-hybridized carbons (Fsp3) is 0.0526. The Bertz CT molecular complexity index is 586. The monoisotopic (exact) mass is 246 g/mol. The molecule has 0 aromatic heterocycles. The van der Waals surface area contributed by atoms with Gasteiger partial charge in [0.1, 0.15) is 0 Å². The molecule has 19 heavy (non-hydrogen) atoms. The molecule has 0 bridgehead atoms. The molecular weight excluding hydrogens is 228 g/mol. The third-order valence-electron chi connectivity index (χ3n) is 2.93. The molecule has 94 valence electrons. The molecule has 0 radical (unpaired) electrons. The van der Waals surface area contributed by atoms with Gasteiger partial charge in [-0.15, -0.1) is 0 Å². The normalized spacial score (nSPS) is 11.7. The average molecular weight is 246 g/mol. The zero-order valence-corrected chi connectivity index (χ0v) is 11.2. The molecule has 0 unspecified atom stereocenters. The second kappa shape index (κ2) is 6.55. The van der Waals surface area contributed by atoms with Crippen molar-refractivity contribution in [1.82, 2.24) is 0 Å². The SMILES string of the molecule is C=C(/C=C(\C=C/C)c1ccccc1)c1ccccc1. The summed E-state index contributed by atoms with van der Waals surface area (Å²) in [5.74, 6) is 0. The van der Waals surface area contributed by atoms with Crippen molar-refractivity contribution in [1.29, 1.82) is 0 Å². The molecule has 0 N–H and O–H groups in total. The third kappa shape index (κ3) is 3.56. The van der Waals surface area contributed by atoms with Gasteiger partial charge in [0.25, 0.3) is 0 Å². The summed E-state index contributed by atoms with van der Waals surface area (Å²) in [5, 5.41) is 0. The van der Waals surface area contributed by atoms with E-state index in [1.54, 1.807) is 0 Å². The largest absolute Gasteiger partial charge is 0.0911 e. The van der Waals surface area contributed by atoms with Gasteiger partial charge in [-0.25, -0.2) is 0 Å². The first-order valence-electron chi connectivity index (χ1n) is 6.45. The standard InChI is InChI=1S/C19H18/c1-3-10-19(18-13-8-5-9-14-18)15-16(2)17-11-6-4-7-12-17/h3-15H,2H2,1H3/b10-3-,19-15+. The predicted octanol–water partition coefficient (Wildman–Crippen LogP) is 5.36. The summed E-state index contributed by atoms with van der Waals surface area (Å²) >= 11 is 0. The van der Waals surface area contributed by atoms with E-state index in [9.17, 15) is 0 Å². The molecule has 0 amide bonds. The summed E-state index contributed by atoms with van der Waals surface area (Å²) in [6, 6.07) is 20.6. The van der Waals surface area contributed by atoms with Gasteiger partial charge in [0, 0.05) is 0 Å². The first-order valence-corrected chi connectivity index (χ1v) is 6.45. The summed E-state index contributed by atoms with van der Waals surface area (Å²) in [6.07, 6.45) is 6.30. The van der Waals surface area contributed by atoms with E-state index in [2.05, 4.69) is 61.2 Å². The molecule has 0 atom stereocenters. The second-order valence-electron chi connectivity index (χ2n) is 4.36. The van der Waals surface area contributed by atoms with E-state index >= 15 is 0 Å². The van der Waals surface area contributed by atoms with Crippen LogP contribution in [0.1, 0.15) is 18.1 Å². The fourth-order valence-electron chi connectivity index (χ4n) is 1.96. The zero-order chi connectivity index (χ0) is 13.5. The van der Waals surface area contributed by atoms with Crippen LogP contribution in [0.15, 0.2) is 85.5 Å². The van der Waals surface area contributed by atoms with Gasteiger partial charge in [-0.3, -0.25) is 0 Å². The second-order valence-corrected chi connectivity index (χ2v) is 4.36. The topological polar surface area (TPSA) is 0 Å². The Kier molecular flexibility index (Phi) is 4.52. The molecule has 0 spiro atoms. The lowest BCUT2D eigenvalue weighted by Gasteiger charge is -2.05. The molecule has 2 aromatic carbocycles. The zero-order valence-electron chi connectivity index (χ0n) is 11.2. The van der Waals surface area contributed by atoms with Gasteiger partial charge >= 0.3 is 0 Å². The highest BCUT2D eigenvalue weighted by Crippen LogP contribution is 2.22. The molecule has 0 heteroatoms. The van der Waals surface area contributed by atoms with E-state index in [1.165, 1.54) is 11.1 Å². The van der Waals surface area contributed by atoms with Gasteiger partial charge in [0.05, 0.1) is 0 Å². The lowest BCUT2D eigenvalue weighted by Crippen LogP contribution is -1.83. The van der Waals surface area contributed by atoms with Crippen LogP contribution < -0.4 is 0 Å². The van der Waals surface area contributed by atoms with Crippen molar-refractivity contribution in [3.63, 3.8) is 0 Å². The Morgan fingerprint density at radius 3 is 1.89 bits per heavy atom. The number of rotatable bonds is 4. The van der Waals surface area contributed by atoms with Crippen LogP contribution in [-0.2, 0) is 0 Å². The van der Waals surface area contributed by atoms with Crippen LogP contribution in [-0.4, -0.2) is 0 Å². The first kappa shape index (κ1) is 13.1. The van der Waals surface area contributed by atoms with Crippen LogP contribution in [0.25, 0.3) is 11.1 Å². The maximum Gasteiger partial charge on any atom is -0.0181 e. The van der Waals surface area contributed by atoms with Crippen molar-refractivity contribution in [3.8, 4) is 0 Å². The highest BCUT2D eigenvalue weighted by atomic mass is 14.0. The number of hydrogen-bond donors (Lipinski definition) is 0. The molecule has 0 saturated heterocycles. The van der Waals surface area contributed by atoms with Crippen molar-refractivity contribution in [2.75, 3.05) is 0 Å². The van der Waals surface area contributed by atoms with E-state index in [0.717, 1.165) is 11.1 Å². The Hall–Kier alpha value is -2.34. The average Bonchev–Trinajstić information content (AvgIpc) is 2.48. The van der Waals surface area contributed by atoms with Gasteiger partial charge in [0.15, 0.2) is 0 Å². The smallest absolute Gasteiger partial charge is 0.0181 e.